The van der Waals surface area contributed by atoms with Crippen LogP contribution in [0.3, 0.4) is 0 Å². The first-order valence-electron chi connectivity index (χ1n) is 10.2. The second kappa shape index (κ2) is 9.40. The fourth-order valence-corrected chi connectivity index (χ4v) is 5.43. The first kappa shape index (κ1) is 22.6. The number of benzene rings is 1. The molecule has 0 spiro atoms. The van der Waals surface area contributed by atoms with Gasteiger partial charge in [-0.3, -0.25) is 9.59 Å². The van der Waals surface area contributed by atoms with Crippen molar-refractivity contribution in [3.63, 3.8) is 0 Å². The maximum atomic E-state index is 13.2. The summed E-state index contributed by atoms with van der Waals surface area (Å²) >= 11 is 0. The number of likely N-dealkylation sites (tertiary alicyclic amines) is 1. The van der Waals surface area contributed by atoms with Gasteiger partial charge in [-0.1, -0.05) is 13.0 Å². The smallest absolute Gasteiger partial charge is 0.239 e. The lowest BCUT2D eigenvalue weighted by Crippen LogP contribution is -2.46. The third-order valence-corrected chi connectivity index (χ3v) is 8.01. The minimum atomic E-state index is -3.77. The van der Waals surface area contributed by atoms with Crippen LogP contribution in [-0.2, 0) is 19.6 Å². The normalized spacial score (nSPS) is 23.0. The van der Waals surface area contributed by atoms with Crippen LogP contribution in [0, 0.1) is 11.7 Å². The quantitative estimate of drug-likeness (QED) is 0.688. The summed E-state index contributed by atoms with van der Waals surface area (Å²) in [5.74, 6) is -0.505. The molecule has 0 bridgehead atoms. The molecule has 166 valence electrons. The first-order chi connectivity index (χ1) is 14.2. The number of rotatable bonds is 6. The van der Waals surface area contributed by atoms with Crippen LogP contribution in [0.15, 0.2) is 24.3 Å². The van der Waals surface area contributed by atoms with Gasteiger partial charge < -0.3 is 15.5 Å². The molecule has 0 radical (unpaired) electrons. The number of hydrogen-bond acceptors (Lipinski definition) is 5. The maximum absolute atomic E-state index is 13.2. The molecule has 2 heterocycles. The summed E-state index contributed by atoms with van der Waals surface area (Å²) in [4.78, 5) is 26.7. The predicted molar refractivity (Wildman–Crippen MR) is 112 cm³/mol. The summed E-state index contributed by atoms with van der Waals surface area (Å²) in [6.45, 7) is 3.35. The summed E-state index contributed by atoms with van der Waals surface area (Å²) in [7, 11) is -2.44. The Bertz CT molecular complexity index is 887. The monoisotopic (exact) mass is 440 g/mol. The molecule has 10 heteroatoms. The van der Waals surface area contributed by atoms with Crippen LogP contribution in [0.25, 0.3) is 0 Å². The van der Waals surface area contributed by atoms with Gasteiger partial charge in [0.2, 0.25) is 21.8 Å². The van der Waals surface area contributed by atoms with Crippen LogP contribution in [0.2, 0.25) is 0 Å². The molecule has 3 rings (SSSR count). The molecular formula is C20H29FN4O4S. The maximum Gasteiger partial charge on any atom is 0.239 e. The van der Waals surface area contributed by atoms with Crippen molar-refractivity contribution in [3.05, 3.63) is 30.1 Å². The highest BCUT2D eigenvalue weighted by Gasteiger charge is 2.41. The second-order valence-corrected chi connectivity index (χ2v) is 10.5. The Labute approximate surface area is 176 Å². The van der Waals surface area contributed by atoms with Crippen LogP contribution in [0.4, 0.5) is 10.1 Å². The van der Waals surface area contributed by atoms with Gasteiger partial charge in [0, 0.05) is 32.4 Å². The minimum absolute atomic E-state index is 0.0499. The Hall–Kier alpha value is -2.04. The topological polar surface area (TPSA) is 98.8 Å². The number of nitrogens with one attached hydrogen (secondary N) is 2. The molecule has 2 atom stereocenters. The number of anilines is 1. The summed E-state index contributed by atoms with van der Waals surface area (Å²) in [6.07, 6.45) is 2.11. The van der Waals surface area contributed by atoms with Crippen LogP contribution < -0.4 is 10.6 Å². The zero-order chi connectivity index (χ0) is 21.9. The molecule has 2 saturated heterocycles. The SMILES string of the molecule is CC1CCN(C(=O)C2CC(S(=O)(=O)N(C)CC(=O)Nc3cccc(F)c3)CN2)CC1. The summed E-state index contributed by atoms with van der Waals surface area (Å²) in [5.41, 5.74) is 0.259. The lowest BCUT2D eigenvalue weighted by atomic mass is 9.98. The molecule has 2 unspecified atom stereocenters. The molecule has 1 aromatic rings. The summed E-state index contributed by atoms with van der Waals surface area (Å²) in [5, 5.41) is 4.75. The Morgan fingerprint density at radius 2 is 2.00 bits per heavy atom. The first-order valence-corrected chi connectivity index (χ1v) is 11.7. The lowest BCUT2D eigenvalue weighted by Gasteiger charge is -2.32. The summed E-state index contributed by atoms with van der Waals surface area (Å²) < 4.78 is 40.0. The standard InChI is InChI=1S/C20H29FN4O4S/c1-14-6-8-25(9-7-14)20(27)18-11-17(12-22-18)30(28,29)24(2)13-19(26)23-16-5-3-4-15(21)10-16/h3-5,10,14,17-18,22H,6-9,11-13H2,1-2H3,(H,23,26). The zero-order valence-electron chi connectivity index (χ0n) is 17.3. The van der Waals surface area contributed by atoms with Crippen molar-refractivity contribution in [3.8, 4) is 0 Å². The number of nitrogens with zero attached hydrogens (tertiary/aromatic N) is 2. The van der Waals surface area contributed by atoms with Crippen molar-refractivity contribution in [2.24, 2.45) is 5.92 Å². The molecule has 8 nitrogen and oxygen atoms in total. The Morgan fingerprint density at radius 3 is 2.67 bits per heavy atom. The van der Waals surface area contributed by atoms with Gasteiger partial charge in [-0.05, 0) is 43.4 Å². The van der Waals surface area contributed by atoms with E-state index in [-0.39, 0.29) is 24.6 Å². The van der Waals surface area contributed by atoms with Gasteiger partial charge >= 0.3 is 0 Å². The van der Waals surface area contributed by atoms with Gasteiger partial charge in [-0.2, -0.15) is 4.31 Å². The van der Waals surface area contributed by atoms with E-state index < -0.39 is 39.6 Å². The molecule has 2 aliphatic heterocycles. The van der Waals surface area contributed by atoms with Crippen molar-refractivity contribution in [1.82, 2.24) is 14.5 Å². The number of sulfonamides is 1. The van der Waals surface area contributed by atoms with E-state index in [0.717, 1.165) is 23.2 Å². The predicted octanol–water partition coefficient (Wildman–Crippen LogP) is 1.01. The molecule has 0 aromatic heterocycles. The van der Waals surface area contributed by atoms with Crippen LogP contribution in [-0.4, -0.2) is 74.0 Å². The number of carbonyl (C=O) groups is 2. The van der Waals surface area contributed by atoms with Crippen molar-refractivity contribution in [2.45, 2.75) is 37.5 Å². The van der Waals surface area contributed by atoms with Crippen molar-refractivity contribution < 1.29 is 22.4 Å². The van der Waals surface area contributed by atoms with Gasteiger partial charge in [-0.25, -0.2) is 12.8 Å². The van der Waals surface area contributed by atoms with E-state index >= 15 is 0 Å². The average molecular weight is 441 g/mol. The molecule has 2 N–H and O–H groups in total. The number of halogens is 1. The van der Waals surface area contributed by atoms with E-state index in [1.54, 1.807) is 0 Å². The van der Waals surface area contributed by atoms with E-state index in [9.17, 15) is 22.4 Å². The highest BCUT2D eigenvalue weighted by atomic mass is 32.2. The number of carbonyl (C=O) groups excluding carboxylic acids is 2. The molecule has 30 heavy (non-hydrogen) atoms. The molecular weight excluding hydrogens is 411 g/mol. The van der Waals surface area contributed by atoms with Gasteiger partial charge in [-0.15, -0.1) is 0 Å². The largest absolute Gasteiger partial charge is 0.341 e. The van der Waals surface area contributed by atoms with E-state index in [4.69, 9.17) is 0 Å². The molecule has 2 aliphatic rings. The fraction of sp³-hybridized carbons (Fsp3) is 0.600. The molecule has 0 aliphatic carbocycles. The van der Waals surface area contributed by atoms with E-state index in [2.05, 4.69) is 17.6 Å². The number of likely N-dealkylation sites (N-methyl/N-ethyl adjacent to an activating group) is 1. The third kappa shape index (κ3) is 5.35. The zero-order valence-corrected chi connectivity index (χ0v) is 18.1. The minimum Gasteiger partial charge on any atom is -0.341 e. The van der Waals surface area contributed by atoms with Gasteiger partial charge in [0.1, 0.15) is 5.82 Å². The number of piperidine rings is 1. The van der Waals surface area contributed by atoms with Crippen LogP contribution >= 0.6 is 0 Å². The van der Waals surface area contributed by atoms with Crippen molar-refractivity contribution in [2.75, 3.05) is 38.5 Å². The van der Waals surface area contributed by atoms with Gasteiger partial charge in [0.05, 0.1) is 17.8 Å². The Morgan fingerprint density at radius 1 is 1.30 bits per heavy atom. The van der Waals surface area contributed by atoms with E-state index in [0.29, 0.717) is 19.0 Å². The highest BCUT2D eigenvalue weighted by Crippen LogP contribution is 2.22. The van der Waals surface area contributed by atoms with Gasteiger partial charge in [0.25, 0.3) is 0 Å². The van der Waals surface area contributed by atoms with E-state index in [1.165, 1.54) is 25.2 Å². The molecule has 0 saturated carbocycles. The Kier molecular flexibility index (Phi) is 7.10. The van der Waals surface area contributed by atoms with Gasteiger partial charge in [0.15, 0.2) is 0 Å². The molecule has 2 fully saturated rings. The fourth-order valence-electron chi connectivity index (χ4n) is 3.88. The summed E-state index contributed by atoms with van der Waals surface area (Å²) in [6, 6.07) is 4.86. The molecule has 1 aromatic carbocycles. The number of hydrogen-bond donors (Lipinski definition) is 2. The van der Waals surface area contributed by atoms with Crippen molar-refractivity contribution in [1.29, 1.82) is 0 Å². The average Bonchev–Trinajstić information content (AvgIpc) is 3.19. The third-order valence-electron chi connectivity index (χ3n) is 5.81. The lowest BCUT2D eigenvalue weighted by molar-refractivity contribution is -0.134. The Balaban J connectivity index is 1.54. The second-order valence-electron chi connectivity index (χ2n) is 8.19. The van der Waals surface area contributed by atoms with Crippen molar-refractivity contribution >= 4 is 27.5 Å². The number of amides is 2. The van der Waals surface area contributed by atoms with Crippen LogP contribution in [0.1, 0.15) is 26.2 Å². The van der Waals surface area contributed by atoms with Crippen LogP contribution in [0.5, 0.6) is 0 Å². The van der Waals surface area contributed by atoms with E-state index in [1.807, 2.05) is 4.90 Å². The molecule has 2 amide bonds. The highest BCUT2D eigenvalue weighted by molar-refractivity contribution is 7.89.